The van der Waals surface area contributed by atoms with Crippen molar-refractivity contribution < 1.29 is 14.4 Å². The molecule has 1 aliphatic heterocycles. The number of amides is 4. The summed E-state index contributed by atoms with van der Waals surface area (Å²) in [6, 6.07) is 11.7. The maximum absolute atomic E-state index is 13.0. The summed E-state index contributed by atoms with van der Waals surface area (Å²) in [6.45, 7) is 7.48. The second-order valence-electron chi connectivity index (χ2n) is 8.42. The van der Waals surface area contributed by atoms with Crippen LogP contribution in [0.15, 0.2) is 42.5 Å². The minimum absolute atomic E-state index is 0.0336. The zero-order valence-electron chi connectivity index (χ0n) is 17.2. The molecule has 1 saturated heterocycles. The highest BCUT2D eigenvalue weighted by molar-refractivity contribution is 6.44. The Morgan fingerprint density at radius 2 is 1.73 bits per heavy atom. The van der Waals surface area contributed by atoms with Crippen LogP contribution in [0.5, 0.6) is 0 Å². The predicted octanol–water partition coefficient (Wildman–Crippen LogP) is 4.70. The van der Waals surface area contributed by atoms with E-state index in [1.54, 1.807) is 25.1 Å². The topological polar surface area (TPSA) is 78.5 Å². The molecule has 2 aromatic carbocycles. The largest absolute Gasteiger partial charge is 0.325 e. The SMILES string of the molecule is CC(C)(C)c1ccc(C2(C)NC(=O)N(CC(=O)Nc3cccc(Cl)c3Cl)C2=O)cc1. The minimum Gasteiger partial charge on any atom is -0.323 e. The van der Waals surface area contributed by atoms with Gasteiger partial charge in [-0.05, 0) is 35.6 Å². The van der Waals surface area contributed by atoms with Crippen LogP contribution in [0.1, 0.15) is 38.8 Å². The Balaban J connectivity index is 1.77. The van der Waals surface area contributed by atoms with Gasteiger partial charge in [0.1, 0.15) is 12.1 Å². The number of nitrogens with zero attached hydrogens (tertiary/aromatic N) is 1. The van der Waals surface area contributed by atoms with E-state index in [1.807, 2.05) is 24.3 Å². The van der Waals surface area contributed by atoms with Crippen molar-refractivity contribution in [3.8, 4) is 0 Å². The lowest BCUT2D eigenvalue weighted by Gasteiger charge is -2.24. The summed E-state index contributed by atoms with van der Waals surface area (Å²) in [5.74, 6) is -1.06. The summed E-state index contributed by atoms with van der Waals surface area (Å²) in [4.78, 5) is 38.9. The molecule has 0 saturated carbocycles. The zero-order valence-corrected chi connectivity index (χ0v) is 18.7. The third-order valence-electron chi connectivity index (χ3n) is 5.13. The highest BCUT2D eigenvalue weighted by Crippen LogP contribution is 2.32. The second-order valence-corrected chi connectivity index (χ2v) is 9.21. The third kappa shape index (κ3) is 4.16. The number of urea groups is 1. The van der Waals surface area contributed by atoms with Crippen LogP contribution in [0.4, 0.5) is 10.5 Å². The molecule has 6 nitrogen and oxygen atoms in total. The molecule has 8 heteroatoms. The van der Waals surface area contributed by atoms with Crippen molar-refractivity contribution in [2.24, 2.45) is 0 Å². The van der Waals surface area contributed by atoms with Gasteiger partial charge >= 0.3 is 6.03 Å². The molecular weight excluding hydrogens is 425 g/mol. The van der Waals surface area contributed by atoms with Crippen molar-refractivity contribution in [2.45, 2.75) is 38.6 Å². The Hall–Kier alpha value is -2.57. The van der Waals surface area contributed by atoms with E-state index in [0.717, 1.165) is 10.5 Å². The molecule has 2 N–H and O–H groups in total. The van der Waals surface area contributed by atoms with Gasteiger partial charge in [0.25, 0.3) is 5.91 Å². The highest BCUT2D eigenvalue weighted by atomic mass is 35.5. The Kier molecular flexibility index (Phi) is 5.85. The van der Waals surface area contributed by atoms with Crippen molar-refractivity contribution in [1.29, 1.82) is 0 Å². The van der Waals surface area contributed by atoms with Gasteiger partial charge in [-0.1, -0.05) is 74.3 Å². The van der Waals surface area contributed by atoms with E-state index < -0.39 is 29.9 Å². The van der Waals surface area contributed by atoms with Crippen molar-refractivity contribution in [3.05, 3.63) is 63.6 Å². The predicted molar refractivity (Wildman–Crippen MR) is 118 cm³/mol. The van der Waals surface area contributed by atoms with Gasteiger partial charge in [-0.3, -0.25) is 14.5 Å². The molecule has 30 heavy (non-hydrogen) atoms. The van der Waals surface area contributed by atoms with E-state index in [2.05, 4.69) is 31.4 Å². The first-order valence-electron chi connectivity index (χ1n) is 9.42. The average molecular weight is 448 g/mol. The number of carbonyl (C=O) groups is 3. The Morgan fingerprint density at radius 3 is 2.33 bits per heavy atom. The molecule has 1 atom stereocenters. The van der Waals surface area contributed by atoms with Crippen molar-refractivity contribution >= 4 is 46.7 Å². The first-order chi connectivity index (χ1) is 13.9. The molecule has 1 fully saturated rings. The van der Waals surface area contributed by atoms with E-state index in [0.29, 0.717) is 11.3 Å². The molecule has 158 valence electrons. The first kappa shape index (κ1) is 22.1. The van der Waals surface area contributed by atoms with Crippen LogP contribution >= 0.6 is 23.2 Å². The number of hydrogen-bond donors (Lipinski definition) is 2. The normalized spacial score (nSPS) is 19.1. The number of hydrogen-bond acceptors (Lipinski definition) is 3. The fourth-order valence-electron chi connectivity index (χ4n) is 3.27. The van der Waals surface area contributed by atoms with Crippen LogP contribution < -0.4 is 10.6 Å². The maximum Gasteiger partial charge on any atom is 0.325 e. The summed E-state index contributed by atoms with van der Waals surface area (Å²) in [5, 5.41) is 5.76. The van der Waals surface area contributed by atoms with E-state index in [1.165, 1.54) is 0 Å². The number of carbonyl (C=O) groups excluding carboxylic acids is 3. The Labute approximate surface area is 185 Å². The van der Waals surface area contributed by atoms with Gasteiger partial charge < -0.3 is 10.6 Å². The molecule has 0 aliphatic carbocycles. The van der Waals surface area contributed by atoms with Crippen LogP contribution in [0.25, 0.3) is 0 Å². The molecule has 1 aliphatic rings. The molecule has 0 radical (unpaired) electrons. The van der Waals surface area contributed by atoms with Gasteiger partial charge in [-0.15, -0.1) is 0 Å². The fraction of sp³-hybridized carbons (Fsp3) is 0.318. The molecule has 0 spiro atoms. The zero-order chi connectivity index (χ0) is 22.3. The van der Waals surface area contributed by atoms with Crippen molar-refractivity contribution in [2.75, 3.05) is 11.9 Å². The number of benzene rings is 2. The van der Waals surface area contributed by atoms with Crippen LogP contribution in [-0.4, -0.2) is 29.3 Å². The Morgan fingerprint density at radius 1 is 1.10 bits per heavy atom. The second kappa shape index (κ2) is 7.93. The van der Waals surface area contributed by atoms with Gasteiger partial charge in [-0.25, -0.2) is 4.79 Å². The molecule has 3 rings (SSSR count). The van der Waals surface area contributed by atoms with Gasteiger partial charge in [0.05, 0.1) is 15.7 Å². The molecular formula is C22H23Cl2N3O3. The first-order valence-corrected chi connectivity index (χ1v) is 10.2. The molecule has 1 unspecified atom stereocenters. The van der Waals surface area contributed by atoms with Gasteiger partial charge in [0.2, 0.25) is 5.91 Å². The number of halogens is 2. The van der Waals surface area contributed by atoms with Crippen LogP contribution in [0.3, 0.4) is 0 Å². The van der Waals surface area contributed by atoms with E-state index in [4.69, 9.17) is 23.2 Å². The highest BCUT2D eigenvalue weighted by Gasteiger charge is 2.49. The van der Waals surface area contributed by atoms with Crippen molar-refractivity contribution in [3.63, 3.8) is 0 Å². The van der Waals surface area contributed by atoms with Gasteiger partial charge in [-0.2, -0.15) is 0 Å². The standard InChI is InChI=1S/C22H23Cl2N3O3/c1-21(2,3)13-8-10-14(11-9-13)22(4)19(29)27(20(30)26-22)12-17(28)25-16-7-5-6-15(23)18(16)24/h5-11H,12H2,1-4H3,(H,25,28)(H,26,30). The quantitative estimate of drug-likeness (QED) is 0.666. The summed E-state index contributed by atoms with van der Waals surface area (Å²) in [6.07, 6.45) is 0. The smallest absolute Gasteiger partial charge is 0.323 e. The van der Waals surface area contributed by atoms with Gasteiger partial charge in [0.15, 0.2) is 0 Å². The van der Waals surface area contributed by atoms with E-state index in [-0.39, 0.29) is 15.5 Å². The lowest BCUT2D eigenvalue weighted by molar-refractivity contribution is -0.133. The van der Waals surface area contributed by atoms with E-state index >= 15 is 0 Å². The molecule has 0 aromatic heterocycles. The molecule has 1 heterocycles. The summed E-state index contributed by atoms with van der Waals surface area (Å²) < 4.78 is 0. The lowest BCUT2D eigenvalue weighted by atomic mass is 9.84. The Bertz CT molecular complexity index is 1020. The number of anilines is 1. The van der Waals surface area contributed by atoms with Crippen LogP contribution in [-0.2, 0) is 20.5 Å². The van der Waals surface area contributed by atoms with Gasteiger partial charge in [0, 0.05) is 0 Å². The van der Waals surface area contributed by atoms with E-state index in [9.17, 15) is 14.4 Å². The molecule has 0 bridgehead atoms. The lowest BCUT2D eigenvalue weighted by Crippen LogP contribution is -2.42. The third-order valence-corrected chi connectivity index (χ3v) is 5.95. The summed E-state index contributed by atoms with van der Waals surface area (Å²) >= 11 is 12.0. The average Bonchev–Trinajstić information content (AvgIpc) is 2.89. The van der Waals surface area contributed by atoms with Crippen LogP contribution in [0, 0.1) is 0 Å². The number of nitrogens with one attached hydrogen (secondary N) is 2. The molecule has 2 aromatic rings. The number of imide groups is 1. The van der Waals surface area contributed by atoms with Crippen molar-refractivity contribution in [1.82, 2.24) is 10.2 Å². The monoisotopic (exact) mass is 447 g/mol. The minimum atomic E-state index is -1.25. The fourth-order valence-corrected chi connectivity index (χ4v) is 3.62. The number of rotatable bonds is 4. The summed E-state index contributed by atoms with van der Waals surface area (Å²) in [7, 11) is 0. The molecule has 4 amide bonds. The summed E-state index contributed by atoms with van der Waals surface area (Å²) in [5.41, 5.74) is 0.785. The van der Waals surface area contributed by atoms with Crippen LogP contribution in [0.2, 0.25) is 10.0 Å². The maximum atomic E-state index is 13.0.